The van der Waals surface area contributed by atoms with Crippen molar-refractivity contribution in [2.24, 2.45) is 16.6 Å². The summed E-state index contributed by atoms with van der Waals surface area (Å²) in [5, 5.41) is 0. The largest absolute Gasteiger partial charge is 0.370 e. The maximum absolute atomic E-state index is 6.31. The third-order valence-electron chi connectivity index (χ3n) is 5.35. The van der Waals surface area contributed by atoms with Gasteiger partial charge in [-0.15, -0.1) is 0 Å². The molecular formula is C20H41N3. The molecule has 3 heteroatoms. The quantitative estimate of drug-likeness (QED) is 0.497. The third-order valence-corrected chi connectivity index (χ3v) is 5.35. The summed E-state index contributed by atoms with van der Waals surface area (Å²) in [4.78, 5) is 7.35. The van der Waals surface area contributed by atoms with Gasteiger partial charge in [0.25, 0.3) is 0 Å². The number of unbranched alkanes of at least 4 members (excludes halogenated alkanes) is 2. The van der Waals surface area contributed by atoms with Gasteiger partial charge < -0.3 is 10.6 Å². The number of aliphatic imine (C=N–C) groups is 1. The van der Waals surface area contributed by atoms with Crippen molar-refractivity contribution in [3.8, 4) is 0 Å². The predicted octanol–water partition coefficient (Wildman–Crippen LogP) is 5.34. The van der Waals surface area contributed by atoms with Gasteiger partial charge in [-0.1, -0.05) is 79.1 Å². The van der Waals surface area contributed by atoms with Crippen LogP contribution in [0.2, 0.25) is 0 Å². The van der Waals surface area contributed by atoms with E-state index in [4.69, 9.17) is 10.7 Å². The summed E-state index contributed by atoms with van der Waals surface area (Å²) < 4.78 is 0. The predicted molar refractivity (Wildman–Crippen MR) is 103 cm³/mol. The molecule has 0 bridgehead atoms. The van der Waals surface area contributed by atoms with E-state index in [1.54, 1.807) is 0 Å². The lowest BCUT2D eigenvalue weighted by molar-refractivity contribution is 0.274. The van der Waals surface area contributed by atoms with Crippen molar-refractivity contribution < 1.29 is 0 Å². The molecule has 0 atom stereocenters. The zero-order valence-corrected chi connectivity index (χ0v) is 16.2. The highest BCUT2D eigenvalue weighted by Gasteiger charge is 2.37. The van der Waals surface area contributed by atoms with E-state index in [2.05, 4.69) is 32.6 Å². The Bertz CT molecular complexity index is 324. The van der Waals surface area contributed by atoms with E-state index in [1.165, 1.54) is 70.6 Å². The summed E-state index contributed by atoms with van der Waals surface area (Å²) in [6.07, 6.45) is 14.0. The first kappa shape index (κ1) is 20.3. The van der Waals surface area contributed by atoms with E-state index in [9.17, 15) is 0 Å². The molecule has 1 heterocycles. The number of nitrogens with two attached hydrogens (primary N) is 1. The standard InChI is InChI=1S/C20H41N3/c1-5-9-14-20(15-10-6-2)17-23(19(21)22-20)16-13-18(11-7-3)12-8-4/h18H,5-17H2,1-4H3,(H2,21,22). The molecule has 0 spiro atoms. The summed E-state index contributed by atoms with van der Waals surface area (Å²) in [5.74, 6) is 1.67. The highest BCUT2D eigenvalue weighted by Crippen LogP contribution is 2.32. The van der Waals surface area contributed by atoms with Crippen molar-refractivity contribution in [2.75, 3.05) is 13.1 Å². The molecule has 0 aromatic carbocycles. The van der Waals surface area contributed by atoms with Crippen LogP contribution in [0.3, 0.4) is 0 Å². The van der Waals surface area contributed by atoms with Crippen molar-refractivity contribution in [2.45, 2.75) is 104 Å². The topological polar surface area (TPSA) is 41.6 Å². The molecule has 2 N–H and O–H groups in total. The minimum absolute atomic E-state index is 0.112. The van der Waals surface area contributed by atoms with Crippen molar-refractivity contribution >= 4 is 5.96 Å². The first-order valence-electron chi connectivity index (χ1n) is 10.2. The average molecular weight is 324 g/mol. The fraction of sp³-hybridized carbons (Fsp3) is 0.950. The van der Waals surface area contributed by atoms with Gasteiger partial charge >= 0.3 is 0 Å². The molecule has 0 aromatic rings. The van der Waals surface area contributed by atoms with Gasteiger partial charge in [-0.3, -0.25) is 0 Å². The van der Waals surface area contributed by atoms with Crippen LogP contribution in [-0.4, -0.2) is 29.5 Å². The molecule has 0 amide bonds. The minimum atomic E-state index is 0.112. The Kier molecular flexibility index (Phi) is 9.66. The Hall–Kier alpha value is -0.730. The highest BCUT2D eigenvalue weighted by molar-refractivity contribution is 5.80. The Morgan fingerprint density at radius 3 is 2.00 bits per heavy atom. The highest BCUT2D eigenvalue weighted by atomic mass is 15.3. The van der Waals surface area contributed by atoms with Crippen molar-refractivity contribution in [1.82, 2.24) is 4.90 Å². The van der Waals surface area contributed by atoms with Gasteiger partial charge in [-0.25, -0.2) is 4.99 Å². The van der Waals surface area contributed by atoms with Crippen molar-refractivity contribution in [3.63, 3.8) is 0 Å². The van der Waals surface area contributed by atoms with E-state index in [0.717, 1.165) is 25.0 Å². The molecule has 0 fully saturated rings. The zero-order chi connectivity index (χ0) is 17.1. The van der Waals surface area contributed by atoms with Crippen LogP contribution in [0.5, 0.6) is 0 Å². The maximum atomic E-state index is 6.31. The fourth-order valence-electron chi connectivity index (χ4n) is 3.97. The van der Waals surface area contributed by atoms with Crippen LogP contribution in [-0.2, 0) is 0 Å². The Morgan fingerprint density at radius 2 is 1.52 bits per heavy atom. The Balaban J connectivity index is 2.59. The van der Waals surface area contributed by atoms with Crippen LogP contribution in [0.25, 0.3) is 0 Å². The first-order chi connectivity index (χ1) is 11.1. The molecule has 0 aliphatic carbocycles. The lowest BCUT2D eigenvalue weighted by Crippen LogP contribution is -2.39. The average Bonchev–Trinajstić information content (AvgIpc) is 2.86. The van der Waals surface area contributed by atoms with Gasteiger partial charge in [0, 0.05) is 13.1 Å². The number of rotatable bonds is 13. The summed E-state index contributed by atoms with van der Waals surface area (Å²) in [6.45, 7) is 11.3. The molecule has 1 aliphatic rings. The minimum Gasteiger partial charge on any atom is -0.370 e. The summed E-state index contributed by atoms with van der Waals surface area (Å²) >= 11 is 0. The second kappa shape index (κ2) is 10.9. The van der Waals surface area contributed by atoms with E-state index in [-0.39, 0.29) is 5.54 Å². The van der Waals surface area contributed by atoms with Gasteiger partial charge in [0.1, 0.15) is 0 Å². The van der Waals surface area contributed by atoms with Crippen LogP contribution < -0.4 is 5.73 Å². The maximum Gasteiger partial charge on any atom is 0.191 e. The van der Waals surface area contributed by atoms with Crippen molar-refractivity contribution in [1.29, 1.82) is 0 Å². The molecule has 1 rings (SSSR count). The molecule has 0 aromatic heterocycles. The summed E-state index contributed by atoms with van der Waals surface area (Å²) in [7, 11) is 0. The monoisotopic (exact) mass is 323 g/mol. The Morgan fingerprint density at radius 1 is 0.957 bits per heavy atom. The smallest absolute Gasteiger partial charge is 0.191 e. The van der Waals surface area contributed by atoms with E-state index >= 15 is 0 Å². The molecule has 0 saturated carbocycles. The van der Waals surface area contributed by atoms with Crippen LogP contribution >= 0.6 is 0 Å². The van der Waals surface area contributed by atoms with Gasteiger partial charge in [0.05, 0.1) is 5.54 Å². The summed E-state index contributed by atoms with van der Waals surface area (Å²) in [6, 6.07) is 0. The third kappa shape index (κ3) is 6.73. The van der Waals surface area contributed by atoms with E-state index in [1.807, 2.05) is 0 Å². The van der Waals surface area contributed by atoms with Crippen molar-refractivity contribution in [3.05, 3.63) is 0 Å². The number of hydrogen-bond donors (Lipinski definition) is 1. The molecule has 1 aliphatic heterocycles. The molecule has 0 saturated heterocycles. The normalized spacial score (nSPS) is 17.1. The van der Waals surface area contributed by atoms with Gasteiger partial charge in [0.15, 0.2) is 5.96 Å². The number of hydrogen-bond acceptors (Lipinski definition) is 3. The molecule has 0 radical (unpaired) electrons. The molecule has 3 nitrogen and oxygen atoms in total. The molecule has 136 valence electrons. The summed E-state index contributed by atoms with van der Waals surface area (Å²) in [5.41, 5.74) is 6.42. The van der Waals surface area contributed by atoms with Gasteiger partial charge in [-0.2, -0.15) is 0 Å². The van der Waals surface area contributed by atoms with Gasteiger partial charge in [0.2, 0.25) is 0 Å². The van der Waals surface area contributed by atoms with Crippen LogP contribution in [0.1, 0.15) is 98.3 Å². The lowest BCUT2D eigenvalue weighted by atomic mass is 9.88. The van der Waals surface area contributed by atoms with Crippen LogP contribution in [0.15, 0.2) is 4.99 Å². The lowest BCUT2D eigenvalue weighted by Gasteiger charge is -2.29. The molecular weight excluding hydrogens is 282 g/mol. The molecule has 0 unspecified atom stereocenters. The zero-order valence-electron chi connectivity index (χ0n) is 16.2. The van der Waals surface area contributed by atoms with Gasteiger partial charge in [-0.05, 0) is 25.2 Å². The van der Waals surface area contributed by atoms with E-state index < -0.39 is 0 Å². The number of nitrogens with zero attached hydrogens (tertiary/aromatic N) is 2. The number of guanidine groups is 1. The first-order valence-corrected chi connectivity index (χ1v) is 10.2. The SMILES string of the molecule is CCCCC1(CCCC)CN(CCC(CCC)CCC)C(N)=N1. The molecule has 23 heavy (non-hydrogen) atoms. The second-order valence-electron chi connectivity index (χ2n) is 7.56. The van der Waals surface area contributed by atoms with Crippen LogP contribution in [0.4, 0.5) is 0 Å². The fourth-order valence-corrected chi connectivity index (χ4v) is 3.97. The van der Waals surface area contributed by atoms with E-state index in [0.29, 0.717) is 0 Å². The second-order valence-corrected chi connectivity index (χ2v) is 7.56. The van der Waals surface area contributed by atoms with Crippen LogP contribution in [0, 0.1) is 5.92 Å². The Labute approximate surface area is 145 Å².